The van der Waals surface area contributed by atoms with Gasteiger partial charge in [-0.1, -0.05) is 72.8 Å². The first-order chi connectivity index (χ1) is 27.6. The van der Waals surface area contributed by atoms with Crippen molar-refractivity contribution in [3.8, 4) is 57.1 Å². The molecule has 0 radical (unpaired) electrons. The zero-order valence-electron chi connectivity index (χ0n) is 31.3. The summed E-state index contributed by atoms with van der Waals surface area (Å²) in [6.07, 6.45) is 0. The van der Waals surface area contributed by atoms with Crippen molar-refractivity contribution in [2.75, 3.05) is 7.11 Å². The molecule has 3 N–H and O–H groups in total. The first kappa shape index (κ1) is 37.8. The van der Waals surface area contributed by atoms with Gasteiger partial charge in [0.05, 0.1) is 12.5 Å². The van der Waals surface area contributed by atoms with Crippen LogP contribution in [0.2, 0.25) is 0 Å². The van der Waals surface area contributed by atoms with Crippen molar-refractivity contribution in [2.45, 2.75) is 27.1 Å². The molecule has 286 valence electrons. The van der Waals surface area contributed by atoms with E-state index in [4.69, 9.17) is 23.0 Å². The van der Waals surface area contributed by atoms with Crippen molar-refractivity contribution in [3.63, 3.8) is 0 Å². The second kappa shape index (κ2) is 16.5. The molecule has 0 saturated carbocycles. The molecule has 10 heteroatoms. The quantitative estimate of drug-likeness (QED) is 0.130. The molecule has 0 fully saturated rings. The zero-order chi connectivity index (χ0) is 40.1. The molecular formula is C47H38O10. The maximum Gasteiger partial charge on any atom is 0.197 e. The van der Waals surface area contributed by atoms with Crippen molar-refractivity contribution in [1.82, 2.24) is 0 Å². The van der Waals surface area contributed by atoms with Gasteiger partial charge in [-0.15, -0.1) is 0 Å². The summed E-state index contributed by atoms with van der Waals surface area (Å²) in [4.78, 5) is 25.1. The second-order valence-corrected chi connectivity index (χ2v) is 13.3. The molecule has 2 aromatic heterocycles. The van der Waals surface area contributed by atoms with Gasteiger partial charge < -0.3 is 38.4 Å². The van der Waals surface area contributed by atoms with Crippen molar-refractivity contribution in [1.29, 1.82) is 0 Å². The second-order valence-electron chi connectivity index (χ2n) is 13.3. The van der Waals surface area contributed by atoms with Crippen LogP contribution in [-0.2, 0) is 13.2 Å². The minimum absolute atomic E-state index is 0.0146. The Bertz CT molecular complexity index is 2830. The van der Waals surface area contributed by atoms with Crippen molar-refractivity contribution < 1.29 is 38.4 Å². The molecule has 0 aliphatic carbocycles. The monoisotopic (exact) mass is 762 g/mol. The fourth-order valence-electron chi connectivity index (χ4n) is 6.31. The van der Waals surface area contributed by atoms with Gasteiger partial charge in [-0.3, -0.25) is 9.59 Å². The molecule has 0 spiro atoms. The highest BCUT2D eigenvalue weighted by atomic mass is 16.5. The van der Waals surface area contributed by atoms with Crippen LogP contribution in [0.3, 0.4) is 0 Å². The van der Waals surface area contributed by atoms with E-state index in [1.165, 1.54) is 31.4 Å². The van der Waals surface area contributed by atoms with E-state index in [-0.39, 0.29) is 39.4 Å². The van der Waals surface area contributed by atoms with Crippen LogP contribution < -0.4 is 25.1 Å². The maximum atomic E-state index is 13.0. The van der Waals surface area contributed by atoms with E-state index in [1.807, 2.05) is 98.8 Å². The van der Waals surface area contributed by atoms with Gasteiger partial charge in [0.15, 0.2) is 22.4 Å². The van der Waals surface area contributed by atoms with Crippen LogP contribution in [-0.4, -0.2) is 22.4 Å². The molecule has 0 unspecified atom stereocenters. The number of rotatable bonds is 9. The lowest BCUT2D eigenvalue weighted by Crippen LogP contribution is -2.04. The van der Waals surface area contributed by atoms with Gasteiger partial charge in [0.25, 0.3) is 0 Å². The smallest absolute Gasteiger partial charge is 0.197 e. The minimum atomic E-state index is -0.455. The SMILES string of the molecule is COc1ccc(-c2cc(=O)c3c(O)cc(O)cc3o2)cc1O.Cc1ccc(-c2cc(=O)c3c(C)cc(OCc4ccccc4)cc3o2)cc1OCc1ccccc1. The highest BCUT2D eigenvalue weighted by Gasteiger charge is 2.15. The number of hydrogen-bond acceptors (Lipinski definition) is 10. The fourth-order valence-corrected chi connectivity index (χ4v) is 6.31. The van der Waals surface area contributed by atoms with E-state index in [0.29, 0.717) is 47.0 Å². The molecular weight excluding hydrogens is 725 g/mol. The average molecular weight is 763 g/mol. The largest absolute Gasteiger partial charge is 0.508 e. The molecule has 0 amide bonds. The van der Waals surface area contributed by atoms with E-state index >= 15 is 0 Å². The van der Waals surface area contributed by atoms with Crippen LogP contribution in [0.15, 0.2) is 152 Å². The number of aromatic hydroxyl groups is 3. The van der Waals surface area contributed by atoms with Crippen LogP contribution in [0.5, 0.6) is 34.5 Å². The number of phenols is 3. The molecule has 0 atom stereocenters. The summed E-state index contributed by atoms with van der Waals surface area (Å²) >= 11 is 0. The van der Waals surface area contributed by atoms with Crippen LogP contribution in [0.4, 0.5) is 0 Å². The summed E-state index contributed by atoms with van der Waals surface area (Å²) in [5.74, 6) is 1.73. The molecule has 6 aromatic carbocycles. The Labute approximate surface area is 327 Å². The maximum absolute atomic E-state index is 13.0. The van der Waals surface area contributed by atoms with Gasteiger partial charge in [0.2, 0.25) is 0 Å². The van der Waals surface area contributed by atoms with Crippen molar-refractivity contribution in [2.24, 2.45) is 0 Å². The van der Waals surface area contributed by atoms with E-state index in [0.717, 1.165) is 39.6 Å². The number of benzene rings is 6. The third-order valence-electron chi connectivity index (χ3n) is 9.22. The third-order valence-corrected chi connectivity index (χ3v) is 9.22. The Kier molecular flexibility index (Phi) is 11.0. The lowest BCUT2D eigenvalue weighted by molar-refractivity contribution is 0.304. The predicted molar refractivity (Wildman–Crippen MR) is 218 cm³/mol. The van der Waals surface area contributed by atoms with Crippen molar-refractivity contribution in [3.05, 3.63) is 176 Å². The molecule has 2 heterocycles. The first-order valence-electron chi connectivity index (χ1n) is 18.0. The highest BCUT2D eigenvalue weighted by Crippen LogP contribution is 2.35. The van der Waals surface area contributed by atoms with Crippen LogP contribution in [0.25, 0.3) is 44.6 Å². The topological polar surface area (TPSA) is 149 Å². The van der Waals surface area contributed by atoms with Gasteiger partial charge in [0, 0.05) is 41.5 Å². The van der Waals surface area contributed by atoms with Gasteiger partial charge >= 0.3 is 0 Å². The summed E-state index contributed by atoms with van der Waals surface area (Å²) in [5.41, 5.74) is 5.26. The third kappa shape index (κ3) is 8.60. The molecule has 0 bridgehead atoms. The van der Waals surface area contributed by atoms with Gasteiger partial charge in [-0.25, -0.2) is 0 Å². The summed E-state index contributed by atoms with van der Waals surface area (Å²) < 4.78 is 28.8. The summed E-state index contributed by atoms with van der Waals surface area (Å²) in [5, 5.41) is 29.6. The van der Waals surface area contributed by atoms with Crippen LogP contribution in [0.1, 0.15) is 22.3 Å². The summed E-state index contributed by atoms with van der Waals surface area (Å²) in [6, 6.07) is 39.1. The number of hydrogen-bond donors (Lipinski definition) is 3. The van der Waals surface area contributed by atoms with E-state index < -0.39 is 5.43 Å². The van der Waals surface area contributed by atoms with E-state index in [1.54, 1.807) is 18.2 Å². The van der Waals surface area contributed by atoms with Gasteiger partial charge in [-0.05, 0) is 66.4 Å². The lowest BCUT2D eigenvalue weighted by atomic mass is 10.1. The number of phenolic OH excluding ortho intramolecular Hbond substituents is 3. The minimum Gasteiger partial charge on any atom is -0.508 e. The summed E-state index contributed by atoms with van der Waals surface area (Å²) in [6.45, 7) is 4.81. The van der Waals surface area contributed by atoms with Crippen molar-refractivity contribution >= 4 is 21.9 Å². The molecule has 57 heavy (non-hydrogen) atoms. The Morgan fingerprint density at radius 3 is 1.74 bits per heavy atom. The summed E-state index contributed by atoms with van der Waals surface area (Å²) in [7, 11) is 1.43. The average Bonchev–Trinajstić information content (AvgIpc) is 3.20. The molecule has 10 nitrogen and oxygen atoms in total. The molecule has 8 rings (SSSR count). The van der Waals surface area contributed by atoms with E-state index in [2.05, 4.69) is 0 Å². The molecule has 0 saturated heterocycles. The normalized spacial score (nSPS) is 10.9. The fraction of sp³-hybridized carbons (Fsp3) is 0.106. The lowest BCUT2D eigenvalue weighted by Gasteiger charge is -2.12. The van der Waals surface area contributed by atoms with Gasteiger partial charge in [0.1, 0.15) is 64.3 Å². The highest BCUT2D eigenvalue weighted by molar-refractivity contribution is 5.86. The van der Waals surface area contributed by atoms with Crippen LogP contribution in [0, 0.1) is 13.8 Å². The Morgan fingerprint density at radius 2 is 1.11 bits per heavy atom. The Morgan fingerprint density at radius 1 is 0.526 bits per heavy atom. The number of fused-ring (bicyclic) bond motifs is 2. The molecule has 0 aliphatic rings. The van der Waals surface area contributed by atoms with Crippen LogP contribution >= 0.6 is 0 Å². The number of methoxy groups -OCH3 is 1. The Balaban J connectivity index is 0.000000194. The Hall–Kier alpha value is -7.46. The standard InChI is InChI=1S/C31H26O4.C16H12O6/c1-21-13-14-25(16-28(21)34-20-24-11-7-4-8-12-24)29-18-27(32)31-22(2)15-26(17-30(31)35-29)33-19-23-9-5-3-6-10-23;1-21-13-3-2-8(4-10(13)18)14-7-12(20)16-11(19)5-9(17)6-15(16)22-14/h3-18H,19-20H2,1-2H3;2-7,17-19H,1H3. The molecule has 8 aromatic rings. The number of ether oxygens (including phenoxy) is 3. The molecule has 0 aliphatic heterocycles. The first-order valence-corrected chi connectivity index (χ1v) is 18.0. The predicted octanol–water partition coefficient (Wildman–Crippen LogP) is 9.82. The van der Waals surface area contributed by atoms with E-state index in [9.17, 15) is 24.9 Å². The van der Waals surface area contributed by atoms with Gasteiger partial charge in [-0.2, -0.15) is 0 Å². The number of aryl methyl sites for hydroxylation is 2. The zero-order valence-corrected chi connectivity index (χ0v) is 31.3.